The highest BCUT2D eigenvalue weighted by Crippen LogP contribution is 2.32. The number of guanidine groups is 1. The van der Waals surface area contributed by atoms with E-state index in [-0.39, 0.29) is 18.5 Å². The SMILES string of the molecule is C#CCN=C(Nc1ccc2c(c1)OCCCO2)NC1CCN(C(C)=O)CC1. The third kappa shape index (κ3) is 5.30. The number of fused-ring (bicyclic) bond motifs is 1. The summed E-state index contributed by atoms with van der Waals surface area (Å²) in [5.74, 6) is 4.77. The Bertz CT molecular complexity index is 733. The monoisotopic (exact) mass is 370 g/mol. The number of carbonyl (C=O) groups is 1. The fraction of sp³-hybridized carbons (Fsp3) is 0.500. The van der Waals surface area contributed by atoms with Crippen LogP contribution in [0.15, 0.2) is 23.2 Å². The third-order valence-corrected chi connectivity index (χ3v) is 4.62. The molecular formula is C20H26N4O3. The van der Waals surface area contributed by atoms with Gasteiger partial charge in [-0.2, -0.15) is 0 Å². The molecule has 2 N–H and O–H groups in total. The number of rotatable bonds is 3. The van der Waals surface area contributed by atoms with E-state index in [0.717, 1.165) is 49.5 Å². The highest BCUT2D eigenvalue weighted by atomic mass is 16.5. The molecule has 144 valence electrons. The predicted molar refractivity (Wildman–Crippen MR) is 105 cm³/mol. The van der Waals surface area contributed by atoms with Gasteiger partial charge in [-0.3, -0.25) is 4.79 Å². The van der Waals surface area contributed by atoms with E-state index in [1.165, 1.54) is 0 Å². The largest absolute Gasteiger partial charge is 0.490 e. The van der Waals surface area contributed by atoms with E-state index in [2.05, 4.69) is 21.5 Å². The van der Waals surface area contributed by atoms with E-state index in [0.29, 0.717) is 19.2 Å². The Morgan fingerprint density at radius 2 is 2.04 bits per heavy atom. The lowest BCUT2D eigenvalue weighted by Gasteiger charge is -2.32. The summed E-state index contributed by atoms with van der Waals surface area (Å²) >= 11 is 0. The molecule has 1 fully saturated rings. The van der Waals surface area contributed by atoms with Gasteiger partial charge >= 0.3 is 0 Å². The number of terminal acetylenes is 1. The van der Waals surface area contributed by atoms with Crippen LogP contribution in [0.4, 0.5) is 5.69 Å². The van der Waals surface area contributed by atoms with E-state index in [1.54, 1.807) is 6.92 Å². The summed E-state index contributed by atoms with van der Waals surface area (Å²) in [6.07, 6.45) is 7.98. The maximum atomic E-state index is 11.5. The summed E-state index contributed by atoms with van der Waals surface area (Å²) < 4.78 is 11.4. The van der Waals surface area contributed by atoms with Crippen molar-refractivity contribution in [2.75, 3.05) is 38.2 Å². The van der Waals surface area contributed by atoms with Crippen molar-refractivity contribution in [3.63, 3.8) is 0 Å². The van der Waals surface area contributed by atoms with Crippen LogP contribution < -0.4 is 20.1 Å². The highest BCUT2D eigenvalue weighted by molar-refractivity contribution is 5.94. The van der Waals surface area contributed by atoms with Crippen molar-refractivity contribution in [1.82, 2.24) is 10.2 Å². The van der Waals surface area contributed by atoms with Crippen LogP contribution in [0.3, 0.4) is 0 Å². The summed E-state index contributed by atoms with van der Waals surface area (Å²) in [4.78, 5) is 17.8. The van der Waals surface area contributed by atoms with Crippen LogP contribution in [-0.2, 0) is 4.79 Å². The minimum Gasteiger partial charge on any atom is -0.490 e. The molecule has 0 spiro atoms. The fourth-order valence-corrected chi connectivity index (χ4v) is 3.16. The van der Waals surface area contributed by atoms with Crippen LogP contribution in [0.2, 0.25) is 0 Å². The number of carbonyl (C=O) groups excluding carboxylic acids is 1. The van der Waals surface area contributed by atoms with Crippen molar-refractivity contribution in [2.24, 2.45) is 4.99 Å². The Balaban J connectivity index is 1.65. The number of amides is 1. The molecular weight excluding hydrogens is 344 g/mol. The molecule has 7 nitrogen and oxygen atoms in total. The second-order valence-corrected chi connectivity index (χ2v) is 6.63. The molecule has 1 saturated heterocycles. The van der Waals surface area contributed by atoms with Crippen molar-refractivity contribution < 1.29 is 14.3 Å². The van der Waals surface area contributed by atoms with Gasteiger partial charge < -0.3 is 25.0 Å². The average Bonchev–Trinajstić information content (AvgIpc) is 2.91. The standard InChI is InChI=1S/C20H26N4O3/c1-3-9-21-20(22-16-7-10-24(11-8-16)15(2)25)23-17-5-6-18-19(14-17)27-13-4-12-26-18/h1,5-6,14,16H,4,7-13H2,2H3,(H2,21,22,23). The Morgan fingerprint density at radius 1 is 1.30 bits per heavy atom. The number of benzene rings is 1. The number of anilines is 1. The van der Waals surface area contributed by atoms with Gasteiger partial charge in [0.15, 0.2) is 17.5 Å². The molecule has 27 heavy (non-hydrogen) atoms. The van der Waals surface area contributed by atoms with E-state index >= 15 is 0 Å². The Kier molecular flexibility index (Phi) is 6.42. The number of hydrogen-bond donors (Lipinski definition) is 2. The minimum atomic E-state index is 0.125. The number of aliphatic imine (C=N–C) groups is 1. The maximum Gasteiger partial charge on any atom is 0.219 e. The molecule has 3 rings (SSSR count). The van der Waals surface area contributed by atoms with Gasteiger partial charge in [0.25, 0.3) is 0 Å². The first kappa shape index (κ1) is 18.9. The molecule has 1 amide bonds. The van der Waals surface area contributed by atoms with Gasteiger partial charge in [0.05, 0.1) is 13.2 Å². The zero-order chi connectivity index (χ0) is 19.1. The molecule has 1 aromatic rings. The van der Waals surface area contributed by atoms with Crippen molar-refractivity contribution in [3.8, 4) is 23.8 Å². The average molecular weight is 370 g/mol. The van der Waals surface area contributed by atoms with Crippen LogP contribution in [-0.4, -0.2) is 55.7 Å². The molecule has 2 aliphatic heterocycles. The van der Waals surface area contributed by atoms with Crippen LogP contribution in [0.25, 0.3) is 0 Å². The molecule has 0 aromatic heterocycles. The van der Waals surface area contributed by atoms with Crippen molar-refractivity contribution in [1.29, 1.82) is 0 Å². The normalized spacial score (nSPS) is 17.6. The van der Waals surface area contributed by atoms with Gasteiger partial charge in [-0.1, -0.05) is 5.92 Å². The Labute approximate surface area is 160 Å². The highest BCUT2D eigenvalue weighted by Gasteiger charge is 2.21. The van der Waals surface area contributed by atoms with Gasteiger partial charge in [-0.25, -0.2) is 4.99 Å². The number of hydrogen-bond acceptors (Lipinski definition) is 4. The summed E-state index contributed by atoms with van der Waals surface area (Å²) in [6.45, 7) is 4.70. The number of likely N-dealkylation sites (tertiary alicyclic amines) is 1. The topological polar surface area (TPSA) is 75.2 Å². The lowest BCUT2D eigenvalue weighted by Crippen LogP contribution is -2.47. The van der Waals surface area contributed by atoms with E-state index in [4.69, 9.17) is 15.9 Å². The molecule has 0 radical (unpaired) electrons. The summed E-state index contributed by atoms with van der Waals surface area (Å²) in [7, 11) is 0. The van der Waals surface area contributed by atoms with E-state index in [9.17, 15) is 4.79 Å². The molecule has 0 saturated carbocycles. The van der Waals surface area contributed by atoms with E-state index < -0.39 is 0 Å². The Morgan fingerprint density at radius 3 is 2.74 bits per heavy atom. The van der Waals surface area contributed by atoms with Crippen LogP contribution in [0.1, 0.15) is 26.2 Å². The smallest absolute Gasteiger partial charge is 0.219 e. The van der Waals surface area contributed by atoms with E-state index in [1.807, 2.05) is 23.1 Å². The van der Waals surface area contributed by atoms with Crippen LogP contribution in [0.5, 0.6) is 11.5 Å². The molecule has 2 aliphatic rings. The molecule has 0 atom stereocenters. The van der Waals surface area contributed by atoms with Crippen molar-refractivity contribution in [3.05, 3.63) is 18.2 Å². The molecule has 0 unspecified atom stereocenters. The second kappa shape index (κ2) is 9.17. The second-order valence-electron chi connectivity index (χ2n) is 6.63. The molecule has 0 aliphatic carbocycles. The predicted octanol–water partition coefficient (Wildman–Crippen LogP) is 1.85. The van der Waals surface area contributed by atoms with Gasteiger partial charge in [0.1, 0.15) is 6.54 Å². The number of ether oxygens (including phenoxy) is 2. The first-order valence-electron chi connectivity index (χ1n) is 9.32. The number of nitrogens with zero attached hydrogens (tertiary/aromatic N) is 2. The summed E-state index contributed by atoms with van der Waals surface area (Å²) in [5.41, 5.74) is 0.851. The zero-order valence-electron chi connectivity index (χ0n) is 15.7. The molecule has 2 heterocycles. The minimum absolute atomic E-state index is 0.125. The van der Waals surface area contributed by atoms with Gasteiger partial charge in [-0.05, 0) is 25.0 Å². The van der Waals surface area contributed by atoms with Crippen LogP contribution in [0, 0.1) is 12.3 Å². The first-order valence-corrected chi connectivity index (χ1v) is 9.32. The summed E-state index contributed by atoms with van der Waals surface area (Å²) in [5, 5.41) is 6.72. The summed E-state index contributed by atoms with van der Waals surface area (Å²) in [6, 6.07) is 5.98. The number of nitrogens with one attached hydrogen (secondary N) is 2. The van der Waals surface area contributed by atoms with Crippen LogP contribution >= 0.6 is 0 Å². The molecule has 0 bridgehead atoms. The number of piperidine rings is 1. The quantitative estimate of drug-likeness (QED) is 0.483. The first-order chi connectivity index (χ1) is 13.2. The Hall–Kier alpha value is -2.88. The fourth-order valence-electron chi connectivity index (χ4n) is 3.16. The van der Waals surface area contributed by atoms with Gasteiger partial charge in [0.2, 0.25) is 5.91 Å². The molecule has 1 aromatic carbocycles. The van der Waals surface area contributed by atoms with Crippen molar-refractivity contribution in [2.45, 2.75) is 32.2 Å². The lowest BCUT2D eigenvalue weighted by molar-refractivity contribution is -0.129. The van der Waals surface area contributed by atoms with Crippen molar-refractivity contribution >= 4 is 17.6 Å². The third-order valence-electron chi connectivity index (χ3n) is 4.62. The molecule has 7 heteroatoms. The van der Waals surface area contributed by atoms with Gasteiger partial charge in [-0.15, -0.1) is 6.42 Å². The maximum absolute atomic E-state index is 11.5. The lowest BCUT2D eigenvalue weighted by atomic mass is 10.1. The van der Waals surface area contributed by atoms with Gasteiger partial charge in [0, 0.05) is 44.2 Å². The zero-order valence-corrected chi connectivity index (χ0v) is 15.7.